The summed E-state index contributed by atoms with van der Waals surface area (Å²) in [6.45, 7) is 4.44. The minimum atomic E-state index is 0.0198. The molecular weight excluding hydrogens is 232 g/mol. The molecule has 2 atom stereocenters. The van der Waals surface area contributed by atoms with E-state index in [-0.39, 0.29) is 17.9 Å². The van der Waals surface area contributed by atoms with Crippen LogP contribution in [0.5, 0.6) is 0 Å². The fourth-order valence-electron chi connectivity index (χ4n) is 1.65. The first-order chi connectivity index (χ1) is 8.59. The van der Waals surface area contributed by atoms with Crippen molar-refractivity contribution in [2.75, 3.05) is 6.54 Å². The van der Waals surface area contributed by atoms with E-state index in [9.17, 15) is 4.79 Å². The van der Waals surface area contributed by atoms with Crippen molar-refractivity contribution in [1.29, 1.82) is 0 Å². The summed E-state index contributed by atoms with van der Waals surface area (Å²) < 4.78 is 4.84. The molecular formula is C12H22N4O2. The molecule has 0 saturated carbocycles. The summed E-state index contributed by atoms with van der Waals surface area (Å²) in [4.78, 5) is 15.6. The van der Waals surface area contributed by atoms with Gasteiger partial charge in [-0.3, -0.25) is 4.79 Å². The Kier molecular flexibility index (Phi) is 6.35. The normalized spacial score (nSPS) is 14.2. The quantitative estimate of drug-likeness (QED) is 0.718. The van der Waals surface area contributed by atoms with Crippen LogP contribution in [0, 0.1) is 5.92 Å². The van der Waals surface area contributed by atoms with Gasteiger partial charge in [-0.1, -0.05) is 18.5 Å². The Morgan fingerprint density at radius 3 is 2.89 bits per heavy atom. The van der Waals surface area contributed by atoms with Crippen molar-refractivity contribution in [2.45, 2.75) is 45.6 Å². The molecule has 6 nitrogen and oxygen atoms in total. The zero-order valence-electron chi connectivity index (χ0n) is 11.1. The van der Waals surface area contributed by atoms with Gasteiger partial charge in [0.25, 0.3) is 0 Å². The van der Waals surface area contributed by atoms with E-state index in [4.69, 9.17) is 10.3 Å². The number of hydrogen-bond acceptors (Lipinski definition) is 5. The highest BCUT2D eigenvalue weighted by atomic mass is 16.5. The summed E-state index contributed by atoms with van der Waals surface area (Å²) in [6, 6.07) is 0.206. The molecule has 0 radical (unpaired) electrons. The van der Waals surface area contributed by atoms with Crippen molar-refractivity contribution in [1.82, 2.24) is 15.5 Å². The predicted octanol–water partition coefficient (Wildman–Crippen LogP) is 0.882. The maximum atomic E-state index is 11.7. The zero-order chi connectivity index (χ0) is 13.4. The highest BCUT2D eigenvalue weighted by molar-refractivity contribution is 5.78. The van der Waals surface area contributed by atoms with E-state index in [2.05, 4.69) is 15.5 Å². The van der Waals surface area contributed by atoms with Crippen molar-refractivity contribution in [3.05, 3.63) is 12.2 Å². The first-order valence-corrected chi connectivity index (χ1v) is 6.38. The number of aromatic nitrogens is 2. The molecule has 0 aliphatic carbocycles. The molecule has 0 spiro atoms. The highest BCUT2D eigenvalue weighted by Gasteiger charge is 2.12. The minimum Gasteiger partial charge on any atom is -0.355 e. The number of amides is 1. The van der Waals surface area contributed by atoms with Gasteiger partial charge in [0, 0.05) is 24.9 Å². The van der Waals surface area contributed by atoms with Crippen LogP contribution in [0.25, 0.3) is 0 Å². The first kappa shape index (κ1) is 14.6. The molecule has 1 amide bonds. The molecule has 0 fully saturated rings. The third kappa shape index (κ3) is 5.77. The topological polar surface area (TPSA) is 94.0 Å². The molecule has 18 heavy (non-hydrogen) atoms. The lowest BCUT2D eigenvalue weighted by atomic mass is 10.0. The number of nitrogens with zero attached hydrogens (tertiary/aromatic N) is 2. The van der Waals surface area contributed by atoms with Gasteiger partial charge in [0.05, 0.1) is 0 Å². The Morgan fingerprint density at radius 1 is 1.50 bits per heavy atom. The second kappa shape index (κ2) is 7.81. The smallest absolute Gasteiger partial charge is 0.228 e. The fourth-order valence-corrected chi connectivity index (χ4v) is 1.65. The molecule has 0 aliphatic heterocycles. The lowest BCUT2D eigenvalue weighted by Gasteiger charge is -2.12. The van der Waals surface area contributed by atoms with E-state index in [0.717, 1.165) is 19.3 Å². The van der Waals surface area contributed by atoms with Crippen LogP contribution in [0.3, 0.4) is 0 Å². The monoisotopic (exact) mass is 254 g/mol. The number of carbonyl (C=O) groups is 1. The summed E-state index contributed by atoms with van der Waals surface area (Å²) in [6.07, 6.45) is 4.73. The van der Waals surface area contributed by atoms with E-state index >= 15 is 0 Å². The first-order valence-electron chi connectivity index (χ1n) is 6.38. The Hall–Kier alpha value is -1.43. The van der Waals surface area contributed by atoms with E-state index in [0.29, 0.717) is 18.9 Å². The molecule has 1 aromatic heterocycles. The average Bonchev–Trinajstić information content (AvgIpc) is 2.81. The van der Waals surface area contributed by atoms with Gasteiger partial charge in [-0.05, 0) is 19.8 Å². The van der Waals surface area contributed by atoms with Crippen LogP contribution in [-0.4, -0.2) is 28.6 Å². The SMILES string of the molecule is CC(N)CCCC(C)C(=O)NCCc1ncno1. The summed E-state index contributed by atoms with van der Waals surface area (Å²) in [5.41, 5.74) is 5.67. The lowest BCUT2D eigenvalue weighted by Crippen LogP contribution is -2.31. The Bertz CT molecular complexity index is 338. The molecule has 0 aliphatic rings. The van der Waals surface area contributed by atoms with Crippen molar-refractivity contribution < 1.29 is 9.32 Å². The van der Waals surface area contributed by atoms with Crippen LogP contribution in [-0.2, 0) is 11.2 Å². The second-order valence-electron chi connectivity index (χ2n) is 4.69. The van der Waals surface area contributed by atoms with Crippen LogP contribution < -0.4 is 11.1 Å². The van der Waals surface area contributed by atoms with Crippen LogP contribution in [0.1, 0.15) is 39.0 Å². The van der Waals surface area contributed by atoms with Gasteiger partial charge in [-0.2, -0.15) is 4.98 Å². The third-order valence-electron chi connectivity index (χ3n) is 2.79. The number of nitrogens with one attached hydrogen (secondary N) is 1. The Labute approximate surface area is 107 Å². The van der Waals surface area contributed by atoms with E-state index in [1.54, 1.807) is 0 Å². The molecule has 6 heteroatoms. The molecule has 0 aromatic carbocycles. The molecule has 0 saturated heterocycles. The van der Waals surface area contributed by atoms with Crippen LogP contribution >= 0.6 is 0 Å². The van der Waals surface area contributed by atoms with Gasteiger partial charge in [-0.25, -0.2) is 0 Å². The lowest BCUT2D eigenvalue weighted by molar-refractivity contribution is -0.124. The highest BCUT2D eigenvalue weighted by Crippen LogP contribution is 2.08. The molecule has 1 heterocycles. The third-order valence-corrected chi connectivity index (χ3v) is 2.79. The van der Waals surface area contributed by atoms with Gasteiger partial charge in [0.1, 0.15) is 0 Å². The largest absolute Gasteiger partial charge is 0.355 e. The predicted molar refractivity (Wildman–Crippen MR) is 67.7 cm³/mol. The minimum absolute atomic E-state index is 0.0198. The molecule has 0 bridgehead atoms. The van der Waals surface area contributed by atoms with Gasteiger partial charge >= 0.3 is 0 Å². The fraction of sp³-hybridized carbons (Fsp3) is 0.750. The Balaban J connectivity index is 2.11. The number of rotatable bonds is 8. The average molecular weight is 254 g/mol. The molecule has 102 valence electrons. The van der Waals surface area contributed by atoms with Crippen LogP contribution in [0.15, 0.2) is 10.9 Å². The second-order valence-corrected chi connectivity index (χ2v) is 4.69. The van der Waals surface area contributed by atoms with E-state index < -0.39 is 0 Å². The summed E-state index contributed by atoms with van der Waals surface area (Å²) in [7, 11) is 0. The van der Waals surface area contributed by atoms with Gasteiger partial charge in [0.2, 0.25) is 11.8 Å². The number of carbonyl (C=O) groups excluding carboxylic acids is 1. The zero-order valence-corrected chi connectivity index (χ0v) is 11.1. The van der Waals surface area contributed by atoms with E-state index in [1.165, 1.54) is 6.33 Å². The Morgan fingerprint density at radius 2 is 2.28 bits per heavy atom. The molecule has 1 aromatic rings. The summed E-state index contributed by atoms with van der Waals surface area (Å²) in [5.74, 6) is 0.630. The van der Waals surface area contributed by atoms with Gasteiger partial charge in [-0.15, -0.1) is 0 Å². The maximum absolute atomic E-state index is 11.7. The standard InChI is InChI=1S/C12H22N4O2/c1-9(4-3-5-10(2)13)12(17)14-7-6-11-15-8-16-18-11/h8-10H,3-7,13H2,1-2H3,(H,14,17). The number of nitrogens with two attached hydrogens (primary N) is 1. The van der Waals surface area contributed by atoms with E-state index in [1.807, 2.05) is 13.8 Å². The van der Waals surface area contributed by atoms with Crippen molar-refractivity contribution in [2.24, 2.45) is 11.7 Å². The van der Waals surface area contributed by atoms with Crippen LogP contribution in [0.4, 0.5) is 0 Å². The van der Waals surface area contributed by atoms with Crippen molar-refractivity contribution in [3.8, 4) is 0 Å². The van der Waals surface area contributed by atoms with Crippen LogP contribution in [0.2, 0.25) is 0 Å². The van der Waals surface area contributed by atoms with Gasteiger partial charge in [0.15, 0.2) is 6.33 Å². The molecule has 2 unspecified atom stereocenters. The summed E-state index contributed by atoms with van der Waals surface area (Å²) >= 11 is 0. The molecule has 3 N–H and O–H groups in total. The summed E-state index contributed by atoms with van der Waals surface area (Å²) in [5, 5.41) is 6.36. The maximum Gasteiger partial charge on any atom is 0.228 e. The van der Waals surface area contributed by atoms with Crippen molar-refractivity contribution in [3.63, 3.8) is 0 Å². The van der Waals surface area contributed by atoms with Gasteiger partial charge < -0.3 is 15.6 Å². The number of hydrogen-bond donors (Lipinski definition) is 2. The molecule has 1 rings (SSSR count). The van der Waals surface area contributed by atoms with Crippen molar-refractivity contribution >= 4 is 5.91 Å².